The van der Waals surface area contributed by atoms with Crippen LogP contribution in [0.4, 0.5) is 9.18 Å². The Morgan fingerprint density at radius 1 is 1.40 bits per heavy atom. The first-order valence-corrected chi connectivity index (χ1v) is 8.35. The standard InChI is InChI=1S/C18H22FN3O3/c1-11-12(7-5-8-13(11)19)16-20-15(21-25-16)14-9-6-10-22(14)17(23)24-18(2,3)4/h5,7-8,14H,6,9-10H2,1-4H3. The van der Waals surface area contributed by atoms with E-state index in [0.29, 0.717) is 23.5 Å². The Morgan fingerprint density at radius 3 is 2.88 bits per heavy atom. The van der Waals surface area contributed by atoms with Gasteiger partial charge in [0.05, 0.1) is 6.04 Å². The number of likely N-dealkylation sites (tertiary alicyclic amines) is 1. The Labute approximate surface area is 146 Å². The molecule has 1 atom stereocenters. The molecule has 1 aliphatic heterocycles. The molecule has 25 heavy (non-hydrogen) atoms. The van der Waals surface area contributed by atoms with Crippen molar-refractivity contribution in [1.29, 1.82) is 0 Å². The average molecular weight is 347 g/mol. The maximum atomic E-state index is 13.7. The molecule has 2 heterocycles. The van der Waals surface area contributed by atoms with Gasteiger partial charge in [0.25, 0.3) is 5.89 Å². The summed E-state index contributed by atoms with van der Waals surface area (Å²) in [5.41, 5.74) is 0.444. The summed E-state index contributed by atoms with van der Waals surface area (Å²) in [4.78, 5) is 18.4. The quantitative estimate of drug-likeness (QED) is 0.812. The number of nitrogens with zero attached hydrogens (tertiary/aromatic N) is 3. The molecule has 7 heteroatoms. The van der Waals surface area contributed by atoms with Crippen LogP contribution in [0.5, 0.6) is 0 Å². The number of hydrogen-bond acceptors (Lipinski definition) is 5. The van der Waals surface area contributed by atoms with Crippen LogP contribution in [0.1, 0.15) is 51.0 Å². The topological polar surface area (TPSA) is 68.5 Å². The van der Waals surface area contributed by atoms with Crippen molar-refractivity contribution in [3.05, 3.63) is 35.4 Å². The van der Waals surface area contributed by atoms with Gasteiger partial charge < -0.3 is 9.26 Å². The largest absolute Gasteiger partial charge is 0.444 e. The van der Waals surface area contributed by atoms with Crippen LogP contribution in [0.15, 0.2) is 22.7 Å². The van der Waals surface area contributed by atoms with Gasteiger partial charge in [-0.25, -0.2) is 9.18 Å². The summed E-state index contributed by atoms with van der Waals surface area (Å²) < 4.78 is 24.5. The molecule has 1 saturated heterocycles. The molecule has 0 aliphatic carbocycles. The summed E-state index contributed by atoms with van der Waals surface area (Å²) in [6, 6.07) is 4.43. The van der Waals surface area contributed by atoms with E-state index in [1.165, 1.54) is 6.07 Å². The zero-order valence-corrected chi connectivity index (χ0v) is 14.9. The maximum Gasteiger partial charge on any atom is 0.410 e. The van der Waals surface area contributed by atoms with Crippen LogP contribution in [0.3, 0.4) is 0 Å². The van der Waals surface area contributed by atoms with Gasteiger partial charge in [-0.15, -0.1) is 0 Å². The molecule has 6 nitrogen and oxygen atoms in total. The summed E-state index contributed by atoms with van der Waals surface area (Å²) in [6.45, 7) is 7.74. The van der Waals surface area contributed by atoms with Crippen LogP contribution in [-0.2, 0) is 4.74 Å². The van der Waals surface area contributed by atoms with Gasteiger partial charge in [-0.05, 0) is 58.2 Å². The highest BCUT2D eigenvalue weighted by Crippen LogP contribution is 2.33. The van der Waals surface area contributed by atoms with E-state index >= 15 is 0 Å². The summed E-state index contributed by atoms with van der Waals surface area (Å²) >= 11 is 0. The van der Waals surface area contributed by atoms with E-state index in [4.69, 9.17) is 9.26 Å². The Hall–Kier alpha value is -2.44. The lowest BCUT2D eigenvalue weighted by atomic mass is 10.1. The van der Waals surface area contributed by atoms with Gasteiger partial charge in [-0.1, -0.05) is 11.2 Å². The molecule has 1 aliphatic rings. The number of carbonyl (C=O) groups is 1. The second-order valence-corrected chi connectivity index (χ2v) is 7.20. The van der Waals surface area contributed by atoms with E-state index in [1.807, 2.05) is 20.8 Å². The third-order valence-electron chi connectivity index (χ3n) is 4.12. The van der Waals surface area contributed by atoms with Crippen molar-refractivity contribution in [1.82, 2.24) is 15.0 Å². The molecule has 1 aromatic carbocycles. The maximum absolute atomic E-state index is 13.7. The monoisotopic (exact) mass is 347 g/mol. The van der Waals surface area contributed by atoms with Crippen LogP contribution >= 0.6 is 0 Å². The molecule has 0 radical (unpaired) electrons. The normalized spacial score (nSPS) is 17.8. The molecule has 0 N–H and O–H groups in total. The van der Waals surface area contributed by atoms with Gasteiger partial charge in [0, 0.05) is 12.1 Å². The SMILES string of the molecule is Cc1c(F)cccc1-c1nc(C2CCCN2C(=O)OC(C)(C)C)no1. The summed E-state index contributed by atoms with van der Waals surface area (Å²) in [5.74, 6) is 0.346. The minimum absolute atomic E-state index is 0.253. The highest BCUT2D eigenvalue weighted by Gasteiger charge is 2.36. The van der Waals surface area contributed by atoms with E-state index < -0.39 is 5.60 Å². The zero-order chi connectivity index (χ0) is 18.2. The first-order chi connectivity index (χ1) is 11.8. The molecule has 1 aromatic heterocycles. The lowest BCUT2D eigenvalue weighted by molar-refractivity contribution is 0.0217. The van der Waals surface area contributed by atoms with Crippen molar-refractivity contribution in [3.63, 3.8) is 0 Å². The Morgan fingerprint density at radius 2 is 2.16 bits per heavy atom. The lowest BCUT2D eigenvalue weighted by Crippen LogP contribution is -2.36. The van der Waals surface area contributed by atoms with Crippen molar-refractivity contribution >= 4 is 6.09 Å². The molecule has 134 valence electrons. The minimum Gasteiger partial charge on any atom is -0.444 e. The van der Waals surface area contributed by atoms with E-state index in [0.717, 1.165) is 12.8 Å². The van der Waals surface area contributed by atoms with Crippen LogP contribution in [0, 0.1) is 12.7 Å². The molecular formula is C18H22FN3O3. The Balaban J connectivity index is 1.84. The van der Waals surface area contributed by atoms with Crippen molar-refractivity contribution in [2.45, 2.75) is 52.2 Å². The molecule has 1 fully saturated rings. The molecule has 0 saturated carbocycles. The van der Waals surface area contributed by atoms with Crippen molar-refractivity contribution < 1.29 is 18.4 Å². The van der Waals surface area contributed by atoms with E-state index in [-0.39, 0.29) is 23.8 Å². The molecule has 1 unspecified atom stereocenters. The smallest absolute Gasteiger partial charge is 0.410 e. The highest BCUT2D eigenvalue weighted by atomic mass is 19.1. The fraction of sp³-hybridized carbons (Fsp3) is 0.500. The number of halogens is 1. The van der Waals surface area contributed by atoms with Crippen molar-refractivity contribution in [2.75, 3.05) is 6.54 Å². The first kappa shape index (κ1) is 17.4. The van der Waals surface area contributed by atoms with Gasteiger partial charge >= 0.3 is 6.09 Å². The number of hydrogen-bond donors (Lipinski definition) is 0. The van der Waals surface area contributed by atoms with E-state index in [2.05, 4.69) is 10.1 Å². The van der Waals surface area contributed by atoms with Crippen LogP contribution < -0.4 is 0 Å². The van der Waals surface area contributed by atoms with Crippen LogP contribution in [0.25, 0.3) is 11.5 Å². The van der Waals surface area contributed by atoms with Crippen LogP contribution in [-0.4, -0.2) is 33.3 Å². The number of amides is 1. The molecular weight excluding hydrogens is 325 g/mol. The van der Waals surface area contributed by atoms with Gasteiger partial charge in [-0.2, -0.15) is 4.98 Å². The molecule has 2 aromatic rings. The average Bonchev–Trinajstić information content (AvgIpc) is 3.16. The highest BCUT2D eigenvalue weighted by molar-refractivity contribution is 5.69. The first-order valence-electron chi connectivity index (χ1n) is 8.35. The Bertz CT molecular complexity index is 782. The van der Waals surface area contributed by atoms with Crippen LogP contribution in [0.2, 0.25) is 0 Å². The lowest BCUT2D eigenvalue weighted by Gasteiger charge is -2.27. The second kappa shape index (κ2) is 6.46. The van der Waals surface area contributed by atoms with Crippen molar-refractivity contribution in [3.8, 4) is 11.5 Å². The minimum atomic E-state index is -0.564. The van der Waals surface area contributed by atoms with E-state index in [1.54, 1.807) is 24.0 Å². The number of carbonyl (C=O) groups excluding carboxylic acids is 1. The number of rotatable bonds is 2. The Kier molecular flexibility index (Phi) is 4.49. The van der Waals surface area contributed by atoms with Gasteiger partial charge in [0.1, 0.15) is 11.4 Å². The number of aromatic nitrogens is 2. The summed E-state index contributed by atoms with van der Waals surface area (Å²) in [6.07, 6.45) is 1.19. The van der Waals surface area contributed by atoms with Gasteiger partial charge in [0.15, 0.2) is 5.82 Å². The van der Waals surface area contributed by atoms with Gasteiger partial charge in [0.2, 0.25) is 0 Å². The number of ether oxygens (including phenoxy) is 1. The third kappa shape index (κ3) is 3.65. The van der Waals surface area contributed by atoms with Crippen molar-refractivity contribution in [2.24, 2.45) is 0 Å². The molecule has 0 spiro atoms. The fourth-order valence-electron chi connectivity index (χ4n) is 2.89. The molecule has 3 rings (SSSR count). The third-order valence-corrected chi connectivity index (χ3v) is 4.12. The second-order valence-electron chi connectivity index (χ2n) is 7.20. The molecule has 0 bridgehead atoms. The van der Waals surface area contributed by atoms with E-state index in [9.17, 15) is 9.18 Å². The molecule has 1 amide bonds. The summed E-state index contributed by atoms with van der Waals surface area (Å²) in [7, 11) is 0. The summed E-state index contributed by atoms with van der Waals surface area (Å²) in [5, 5.41) is 4.02. The predicted molar refractivity (Wildman–Crippen MR) is 89.3 cm³/mol. The predicted octanol–water partition coefficient (Wildman–Crippen LogP) is 4.26. The van der Waals surface area contributed by atoms with Gasteiger partial charge in [-0.3, -0.25) is 4.90 Å². The fourth-order valence-corrected chi connectivity index (χ4v) is 2.89. The zero-order valence-electron chi connectivity index (χ0n) is 14.9. The number of benzene rings is 1.